The van der Waals surface area contributed by atoms with Gasteiger partial charge >= 0.3 is 0 Å². The van der Waals surface area contributed by atoms with Crippen LogP contribution >= 0.6 is 11.3 Å². The van der Waals surface area contributed by atoms with Crippen LogP contribution in [0.3, 0.4) is 0 Å². The number of hydrogen-bond acceptors (Lipinski definition) is 1. The minimum atomic E-state index is 1.26. The van der Waals surface area contributed by atoms with Crippen molar-refractivity contribution in [2.24, 2.45) is 0 Å². The van der Waals surface area contributed by atoms with Crippen molar-refractivity contribution in [1.82, 2.24) is 0 Å². The van der Waals surface area contributed by atoms with Gasteiger partial charge in [0.2, 0.25) is 0 Å². The topological polar surface area (TPSA) is 0 Å². The fourth-order valence-corrected chi connectivity index (χ4v) is 8.05. The van der Waals surface area contributed by atoms with Crippen molar-refractivity contribution in [3.63, 3.8) is 0 Å². The second-order valence-corrected chi connectivity index (χ2v) is 11.9. The normalized spacial score (nSPS) is 11.9. The number of hydrogen-bond donors (Lipinski definition) is 0. The third-order valence-corrected chi connectivity index (χ3v) is 9.84. The van der Waals surface area contributed by atoms with E-state index in [2.05, 4.69) is 146 Å². The summed E-state index contributed by atoms with van der Waals surface area (Å²) in [6.07, 6.45) is 0. The molecule has 1 aromatic heterocycles. The molecule has 0 aliphatic heterocycles. The summed E-state index contributed by atoms with van der Waals surface area (Å²) in [6, 6.07) is 53.7. The van der Waals surface area contributed by atoms with Crippen LogP contribution in [0.1, 0.15) is 0 Å². The lowest BCUT2D eigenvalue weighted by Crippen LogP contribution is -1.92. The van der Waals surface area contributed by atoms with Crippen LogP contribution < -0.4 is 0 Å². The Labute approximate surface area is 241 Å². The van der Waals surface area contributed by atoms with Crippen LogP contribution in [0.5, 0.6) is 0 Å². The number of benzene rings is 8. The molecule has 9 aromatic rings. The summed E-state index contributed by atoms with van der Waals surface area (Å²) < 4.78 is 2.71. The van der Waals surface area contributed by atoms with Crippen LogP contribution in [0.15, 0.2) is 146 Å². The Bertz CT molecular complexity index is 2420. The zero-order chi connectivity index (χ0) is 26.9. The molecule has 0 saturated heterocycles. The Kier molecular flexibility index (Phi) is 4.87. The lowest BCUT2D eigenvalue weighted by atomic mass is 9.84. The predicted octanol–water partition coefficient (Wildman–Crippen LogP) is 12.0. The monoisotopic (exact) mass is 536 g/mol. The molecule has 1 heteroatoms. The van der Waals surface area contributed by atoms with Gasteiger partial charge in [0.15, 0.2) is 0 Å². The van der Waals surface area contributed by atoms with E-state index < -0.39 is 0 Å². The molecular weight excluding hydrogens is 513 g/mol. The first-order valence-corrected chi connectivity index (χ1v) is 14.9. The molecule has 0 saturated carbocycles. The van der Waals surface area contributed by atoms with Crippen LogP contribution in [0.4, 0.5) is 0 Å². The van der Waals surface area contributed by atoms with E-state index in [1.165, 1.54) is 85.5 Å². The van der Waals surface area contributed by atoms with Crippen LogP contribution in [-0.4, -0.2) is 0 Å². The summed E-state index contributed by atoms with van der Waals surface area (Å²) in [5, 5.41) is 13.0. The summed E-state index contributed by atoms with van der Waals surface area (Å²) in [7, 11) is 0. The van der Waals surface area contributed by atoms with E-state index in [0.29, 0.717) is 0 Å². The first-order chi connectivity index (χ1) is 20.3. The largest absolute Gasteiger partial charge is 0.135 e. The number of rotatable bonds is 2. The maximum absolute atomic E-state index is 2.46. The van der Waals surface area contributed by atoms with Gasteiger partial charge in [0.25, 0.3) is 0 Å². The van der Waals surface area contributed by atoms with Crippen LogP contribution in [0.2, 0.25) is 0 Å². The molecule has 41 heavy (non-hydrogen) atoms. The molecule has 0 spiro atoms. The predicted molar refractivity (Wildman–Crippen MR) is 180 cm³/mol. The summed E-state index contributed by atoms with van der Waals surface area (Å²) in [4.78, 5) is 0. The van der Waals surface area contributed by atoms with Gasteiger partial charge in [0.1, 0.15) is 0 Å². The van der Waals surface area contributed by atoms with Crippen LogP contribution in [-0.2, 0) is 0 Å². The van der Waals surface area contributed by atoms with Gasteiger partial charge < -0.3 is 0 Å². The molecule has 0 N–H and O–H groups in total. The molecule has 0 radical (unpaired) electrons. The van der Waals surface area contributed by atoms with Crippen molar-refractivity contribution >= 4 is 74.6 Å². The fourth-order valence-electron chi connectivity index (χ4n) is 6.83. The van der Waals surface area contributed by atoms with E-state index in [9.17, 15) is 0 Å². The average molecular weight is 537 g/mol. The summed E-state index contributed by atoms with van der Waals surface area (Å²) in [5.41, 5.74) is 5.17. The molecule has 0 fully saturated rings. The zero-order valence-electron chi connectivity index (χ0n) is 22.3. The van der Waals surface area contributed by atoms with E-state index in [0.717, 1.165) is 0 Å². The van der Waals surface area contributed by atoms with E-state index in [1.807, 2.05) is 11.3 Å². The molecule has 0 nitrogen and oxygen atoms in total. The molecule has 1 heterocycles. The van der Waals surface area contributed by atoms with Gasteiger partial charge in [-0.25, -0.2) is 0 Å². The standard InChI is InChI=1S/C40H24S/c1-2-12-26-23-27(22-21-25(26)11-1)38-30-15-4-6-17-32(30)39(33-18-7-5-16-31(33)38)35-24-36-29-14-9-10-20-37(29)41-40(36)34-19-8-3-13-28(34)35/h1-24H. The van der Waals surface area contributed by atoms with Gasteiger partial charge in [0, 0.05) is 25.6 Å². The highest BCUT2D eigenvalue weighted by Crippen LogP contribution is 2.48. The van der Waals surface area contributed by atoms with Gasteiger partial charge in [-0.05, 0) is 78.2 Å². The quantitative estimate of drug-likeness (QED) is 0.193. The molecule has 9 rings (SSSR count). The second kappa shape index (κ2) is 8.76. The van der Waals surface area contributed by atoms with Gasteiger partial charge in [-0.15, -0.1) is 11.3 Å². The minimum absolute atomic E-state index is 1.26. The summed E-state index contributed by atoms with van der Waals surface area (Å²) >= 11 is 1.90. The third kappa shape index (κ3) is 3.33. The van der Waals surface area contributed by atoms with Gasteiger partial charge in [0.05, 0.1) is 0 Å². The second-order valence-electron chi connectivity index (χ2n) is 10.8. The Morgan fingerprint density at radius 1 is 0.341 bits per heavy atom. The van der Waals surface area contributed by atoms with E-state index >= 15 is 0 Å². The molecule has 0 aliphatic carbocycles. The molecule has 0 bridgehead atoms. The van der Waals surface area contributed by atoms with Gasteiger partial charge in [-0.3, -0.25) is 0 Å². The Balaban J connectivity index is 1.46. The van der Waals surface area contributed by atoms with Crippen molar-refractivity contribution in [1.29, 1.82) is 0 Å². The Morgan fingerprint density at radius 2 is 0.878 bits per heavy atom. The van der Waals surface area contributed by atoms with Gasteiger partial charge in [-0.2, -0.15) is 0 Å². The Morgan fingerprint density at radius 3 is 1.59 bits per heavy atom. The first-order valence-electron chi connectivity index (χ1n) is 14.1. The fraction of sp³-hybridized carbons (Fsp3) is 0. The third-order valence-electron chi connectivity index (χ3n) is 8.62. The Hall–Kier alpha value is -4.98. The molecule has 0 aliphatic rings. The SMILES string of the molecule is c1ccc2cc(-c3c4ccccc4c(-c4cc5c6ccccc6sc5c5ccccc45)c4ccccc34)ccc2c1. The lowest BCUT2D eigenvalue weighted by Gasteiger charge is -2.19. The van der Waals surface area contributed by atoms with E-state index in [4.69, 9.17) is 0 Å². The van der Waals surface area contributed by atoms with Crippen molar-refractivity contribution in [3.8, 4) is 22.3 Å². The van der Waals surface area contributed by atoms with Crippen molar-refractivity contribution in [2.75, 3.05) is 0 Å². The summed E-state index contributed by atoms with van der Waals surface area (Å²) in [6.45, 7) is 0. The van der Waals surface area contributed by atoms with Gasteiger partial charge in [-0.1, -0.05) is 127 Å². The highest BCUT2D eigenvalue weighted by atomic mass is 32.1. The first kappa shape index (κ1) is 22.8. The van der Waals surface area contributed by atoms with E-state index in [1.54, 1.807) is 0 Å². The molecular formula is C40H24S. The number of thiophene rings is 1. The maximum Gasteiger partial charge on any atom is 0.0434 e. The average Bonchev–Trinajstić information content (AvgIpc) is 3.42. The molecule has 190 valence electrons. The maximum atomic E-state index is 2.46. The molecule has 0 unspecified atom stereocenters. The van der Waals surface area contributed by atoms with Crippen molar-refractivity contribution in [2.45, 2.75) is 0 Å². The highest BCUT2D eigenvalue weighted by molar-refractivity contribution is 7.26. The molecule has 8 aromatic carbocycles. The summed E-state index contributed by atoms with van der Waals surface area (Å²) in [5.74, 6) is 0. The van der Waals surface area contributed by atoms with E-state index in [-0.39, 0.29) is 0 Å². The van der Waals surface area contributed by atoms with Crippen LogP contribution in [0, 0.1) is 0 Å². The molecule has 0 atom stereocenters. The van der Waals surface area contributed by atoms with Crippen molar-refractivity contribution in [3.05, 3.63) is 146 Å². The minimum Gasteiger partial charge on any atom is -0.135 e. The molecule has 0 amide bonds. The smallest absolute Gasteiger partial charge is 0.0434 e. The van der Waals surface area contributed by atoms with Crippen LogP contribution in [0.25, 0.3) is 85.5 Å². The van der Waals surface area contributed by atoms with Crippen molar-refractivity contribution < 1.29 is 0 Å². The lowest BCUT2D eigenvalue weighted by molar-refractivity contribution is 1.69. The number of fused-ring (bicyclic) bond motifs is 8. The highest BCUT2D eigenvalue weighted by Gasteiger charge is 2.20. The zero-order valence-corrected chi connectivity index (χ0v) is 23.1.